The minimum atomic E-state index is 0.589. The van der Waals surface area contributed by atoms with E-state index >= 15 is 0 Å². The number of ether oxygens (including phenoxy) is 1. The first-order chi connectivity index (χ1) is 9.70. The van der Waals surface area contributed by atoms with Gasteiger partial charge in [0.05, 0.1) is 6.61 Å². The molecule has 2 rings (SSSR count). The molecule has 1 aromatic carbocycles. The second kappa shape index (κ2) is 7.68. The fourth-order valence-electron chi connectivity index (χ4n) is 2.96. The first kappa shape index (κ1) is 15.4. The standard InChI is InChI=1S/C18H29NO/c1-4-11-19-17(10-9-14(2)3)16-12-15-7-5-6-8-18(15)20-13-16/h5-8,14,16-17,19H,4,9-13H2,1-3H3. The quantitative estimate of drug-likeness (QED) is 0.811. The molecule has 0 radical (unpaired) electrons. The maximum atomic E-state index is 5.96. The SMILES string of the molecule is CCCNC(CCC(C)C)C1COc2ccccc2C1. The number of hydrogen-bond donors (Lipinski definition) is 1. The lowest BCUT2D eigenvalue weighted by Gasteiger charge is -2.33. The van der Waals surface area contributed by atoms with E-state index < -0.39 is 0 Å². The topological polar surface area (TPSA) is 21.3 Å². The molecule has 0 bridgehead atoms. The third kappa shape index (κ3) is 4.24. The van der Waals surface area contributed by atoms with Gasteiger partial charge in [-0.05, 0) is 49.8 Å². The van der Waals surface area contributed by atoms with Crippen molar-refractivity contribution in [1.29, 1.82) is 0 Å². The van der Waals surface area contributed by atoms with Gasteiger partial charge >= 0.3 is 0 Å². The Morgan fingerprint density at radius 3 is 2.80 bits per heavy atom. The predicted molar refractivity (Wildman–Crippen MR) is 85.3 cm³/mol. The summed E-state index contributed by atoms with van der Waals surface area (Å²) in [5.74, 6) is 2.47. The van der Waals surface area contributed by atoms with E-state index in [-0.39, 0.29) is 0 Å². The Morgan fingerprint density at radius 1 is 1.25 bits per heavy atom. The molecule has 20 heavy (non-hydrogen) atoms. The summed E-state index contributed by atoms with van der Waals surface area (Å²) in [6, 6.07) is 9.07. The molecular formula is C18H29NO. The summed E-state index contributed by atoms with van der Waals surface area (Å²) in [7, 11) is 0. The van der Waals surface area contributed by atoms with Crippen molar-refractivity contribution in [3.8, 4) is 5.75 Å². The molecule has 2 heteroatoms. The second-order valence-electron chi connectivity index (χ2n) is 6.41. The molecule has 2 nitrogen and oxygen atoms in total. The average Bonchev–Trinajstić information content (AvgIpc) is 2.46. The van der Waals surface area contributed by atoms with Crippen molar-refractivity contribution in [2.75, 3.05) is 13.2 Å². The van der Waals surface area contributed by atoms with Gasteiger partial charge in [-0.15, -0.1) is 0 Å². The van der Waals surface area contributed by atoms with Crippen LogP contribution in [0.3, 0.4) is 0 Å². The van der Waals surface area contributed by atoms with Crippen LogP contribution in [0.2, 0.25) is 0 Å². The van der Waals surface area contributed by atoms with Crippen LogP contribution < -0.4 is 10.1 Å². The van der Waals surface area contributed by atoms with Crippen LogP contribution in [0.5, 0.6) is 5.75 Å². The van der Waals surface area contributed by atoms with Crippen molar-refractivity contribution < 1.29 is 4.74 Å². The summed E-state index contributed by atoms with van der Waals surface area (Å²) < 4.78 is 5.96. The van der Waals surface area contributed by atoms with Gasteiger partial charge in [0.25, 0.3) is 0 Å². The van der Waals surface area contributed by atoms with Gasteiger partial charge in [-0.25, -0.2) is 0 Å². The van der Waals surface area contributed by atoms with E-state index in [1.807, 2.05) is 0 Å². The Labute approximate surface area is 123 Å². The molecule has 1 aromatic rings. The fraction of sp³-hybridized carbons (Fsp3) is 0.667. The maximum absolute atomic E-state index is 5.96. The van der Waals surface area contributed by atoms with Gasteiger partial charge in [-0.2, -0.15) is 0 Å². The zero-order chi connectivity index (χ0) is 14.4. The van der Waals surface area contributed by atoms with Crippen LogP contribution >= 0.6 is 0 Å². The lowest BCUT2D eigenvalue weighted by Crippen LogP contribution is -2.42. The van der Waals surface area contributed by atoms with Gasteiger partial charge < -0.3 is 10.1 Å². The Hall–Kier alpha value is -1.02. The largest absolute Gasteiger partial charge is 0.493 e. The maximum Gasteiger partial charge on any atom is 0.122 e. The highest BCUT2D eigenvalue weighted by molar-refractivity contribution is 5.35. The van der Waals surface area contributed by atoms with Crippen molar-refractivity contribution >= 4 is 0 Å². The van der Waals surface area contributed by atoms with Gasteiger partial charge in [0.15, 0.2) is 0 Å². The second-order valence-corrected chi connectivity index (χ2v) is 6.41. The predicted octanol–water partition coefficient (Wildman–Crippen LogP) is 4.04. The van der Waals surface area contributed by atoms with Crippen molar-refractivity contribution in [3.63, 3.8) is 0 Å². The molecule has 1 N–H and O–H groups in total. The number of para-hydroxylation sites is 1. The Balaban J connectivity index is 1.98. The Bertz CT molecular complexity index is 402. The van der Waals surface area contributed by atoms with E-state index in [4.69, 9.17) is 4.74 Å². The summed E-state index contributed by atoms with van der Waals surface area (Å²) in [5, 5.41) is 3.75. The molecule has 1 aliphatic rings. The van der Waals surface area contributed by atoms with Gasteiger partial charge in [-0.3, -0.25) is 0 Å². The zero-order valence-electron chi connectivity index (χ0n) is 13.2. The number of nitrogens with one attached hydrogen (secondary N) is 1. The molecule has 0 saturated carbocycles. The summed E-state index contributed by atoms with van der Waals surface area (Å²) in [6.45, 7) is 8.82. The summed E-state index contributed by atoms with van der Waals surface area (Å²) >= 11 is 0. The first-order valence-electron chi connectivity index (χ1n) is 8.14. The van der Waals surface area contributed by atoms with Crippen LogP contribution in [0.4, 0.5) is 0 Å². The normalized spacial score (nSPS) is 19.5. The van der Waals surface area contributed by atoms with Gasteiger partial charge in [0, 0.05) is 12.0 Å². The van der Waals surface area contributed by atoms with Crippen molar-refractivity contribution in [2.24, 2.45) is 11.8 Å². The van der Waals surface area contributed by atoms with E-state index in [1.165, 1.54) is 24.8 Å². The monoisotopic (exact) mass is 275 g/mol. The minimum Gasteiger partial charge on any atom is -0.493 e. The van der Waals surface area contributed by atoms with Crippen molar-refractivity contribution in [3.05, 3.63) is 29.8 Å². The van der Waals surface area contributed by atoms with Crippen molar-refractivity contribution in [2.45, 2.75) is 52.5 Å². The molecular weight excluding hydrogens is 246 g/mol. The van der Waals surface area contributed by atoms with Crippen LogP contribution in [0, 0.1) is 11.8 Å². The smallest absolute Gasteiger partial charge is 0.122 e. The fourth-order valence-corrected chi connectivity index (χ4v) is 2.96. The molecule has 0 aromatic heterocycles. The molecule has 1 heterocycles. The van der Waals surface area contributed by atoms with Crippen LogP contribution in [0.25, 0.3) is 0 Å². The molecule has 0 aliphatic carbocycles. The van der Waals surface area contributed by atoms with Gasteiger partial charge in [-0.1, -0.05) is 39.0 Å². The average molecular weight is 275 g/mol. The highest BCUT2D eigenvalue weighted by atomic mass is 16.5. The summed E-state index contributed by atoms with van der Waals surface area (Å²) in [5.41, 5.74) is 1.37. The molecule has 112 valence electrons. The molecule has 2 unspecified atom stereocenters. The highest BCUT2D eigenvalue weighted by Gasteiger charge is 2.26. The lowest BCUT2D eigenvalue weighted by molar-refractivity contribution is 0.176. The van der Waals surface area contributed by atoms with Crippen LogP contribution in [-0.2, 0) is 6.42 Å². The summed E-state index contributed by atoms with van der Waals surface area (Å²) in [4.78, 5) is 0. The van der Waals surface area contributed by atoms with E-state index in [0.29, 0.717) is 12.0 Å². The molecule has 0 saturated heterocycles. The third-order valence-electron chi connectivity index (χ3n) is 4.19. The highest BCUT2D eigenvalue weighted by Crippen LogP contribution is 2.29. The van der Waals surface area contributed by atoms with E-state index in [2.05, 4.69) is 50.4 Å². The Kier molecular flexibility index (Phi) is 5.90. The zero-order valence-corrected chi connectivity index (χ0v) is 13.2. The van der Waals surface area contributed by atoms with E-state index in [9.17, 15) is 0 Å². The molecule has 0 amide bonds. The van der Waals surface area contributed by atoms with Gasteiger partial charge in [0.1, 0.15) is 5.75 Å². The lowest BCUT2D eigenvalue weighted by atomic mass is 9.86. The van der Waals surface area contributed by atoms with Gasteiger partial charge in [0.2, 0.25) is 0 Å². The number of fused-ring (bicyclic) bond motifs is 1. The molecule has 1 aliphatic heterocycles. The molecule has 0 spiro atoms. The minimum absolute atomic E-state index is 0.589. The molecule has 2 atom stereocenters. The Morgan fingerprint density at radius 2 is 2.05 bits per heavy atom. The first-order valence-corrected chi connectivity index (χ1v) is 8.14. The van der Waals surface area contributed by atoms with E-state index in [1.54, 1.807) is 0 Å². The number of rotatable bonds is 7. The summed E-state index contributed by atoms with van der Waals surface area (Å²) in [6.07, 6.45) is 4.89. The number of benzene rings is 1. The van der Waals surface area contributed by atoms with Crippen LogP contribution in [-0.4, -0.2) is 19.2 Å². The number of hydrogen-bond acceptors (Lipinski definition) is 2. The van der Waals surface area contributed by atoms with E-state index in [0.717, 1.165) is 31.2 Å². The third-order valence-corrected chi connectivity index (χ3v) is 4.19. The van der Waals surface area contributed by atoms with Crippen LogP contribution in [0.1, 0.15) is 45.6 Å². The van der Waals surface area contributed by atoms with Crippen LogP contribution in [0.15, 0.2) is 24.3 Å². The van der Waals surface area contributed by atoms with Crippen molar-refractivity contribution in [1.82, 2.24) is 5.32 Å². The molecule has 0 fully saturated rings.